The zero-order chi connectivity index (χ0) is 18.7. The van der Waals surface area contributed by atoms with Gasteiger partial charge in [-0.25, -0.2) is 0 Å². The molecule has 26 heavy (non-hydrogen) atoms. The zero-order valence-corrected chi connectivity index (χ0v) is 16.6. The molecule has 2 aromatic heterocycles. The maximum atomic E-state index is 12.6. The molecule has 3 rings (SSSR count). The van der Waals surface area contributed by atoms with Gasteiger partial charge in [-0.15, -0.1) is 11.3 Å². The van der Waals surface area contributed by atoms with Gasteiger partial charge in [0, 0.05) is 11.2 Å². The highest BCUT2D eigenvalue weighted by Gasteiger charge is 2.18. The summed E-state index contributed by atoms with van der Waals surface area (Å²) in [5.74, 6) is 6.23. The molecular weight excluding hydrogens is 390 g/mol. The molecule has 2 heterocycles. The SMILES string of the molecule is C[NH+](C)CC#Cc1ccc(-c2ccn(S(=O)(=O)c3ccc(Cl)cc3)n2)s1. The fourth-order valence-electron chi connectivity index (χ4n) is 2.14. The summed E-state index contributed by atoms with van der Waals surface area (Å²) in [5.41, 5.74) is 0.596. The lowest BCUT2D eigenvalue weighted by Gasteiger charge is -2.04. The van der Waals surface area contributed by atoms with Crippen molar-refractivity contribution in [3.8, 4) is 22.4 Å². The average molecular weight is 407 g/mol. The zero-order valence-electron chi connectivity index (χ0n) is 14.2. The van der Waals surface area contributed by atoms with Crippen molar-refractivity contribution in [3.05, 3.63) is 58.6 Å². The second-order valence-electron chi connectivity index (χ2n) is 5.88. The molecule has 0 saturated carbocycles. The first-order valence-electron chi connectivity index (χ1n) is 7.81. The topological polar surface area (TPSA) is 56.4 Å². The van der Waals surface area contributed by atoms with Crippen LogP contribution in [0.3, 0.4) is 0 Å². The number of aromatic nitrogens is 2. The molecule has 0 saturated heterocycles. The van der Waals surface area contributed by atoms with Gasteiger partial charge >= 0.3 is 0 Å². The number of nitrogens with one attached hydrogen (secondary N) is 1. The number of nitrogens with zero attached hydrogens (tertiary/aromatic N) is 2. The third kappa shape index (κ3) is 4.17. The van der Waals surface area contributed by atoms with E-state index in [0.717, 1.165) is 20.4 Å². The lowest BCUT2D eigenvalue weighted by atomic mass is 10.3. The van der Waals surface area contributed by atoms with Crippen LogP contribution < -0.4 is 4.90 Å². The van der Waals surface area contributed by atoms with Crippen LogP contribution in [0.15, 0.2) is 53.6 Å². The number of halogens is 1. The van der Waals surface area contributed by atoms with Crippen molar-refractivity contribution in [1.82, 2.24) is 9.19 Å². The summed E-state index contributed by atoms with van der Waals surface area (Å²) in [6, 6.07) is 11.5. The van der Waals surface area contributed by atoms with Crippen LogP contribution in [0.1, 0.15) is 4.88 Å². The highest BCUT2D eigenvalue weighted by Crippen LogP contribution is 2.27. The number of hydrogen-bond donors (Lipinski definition) is 1. The fourth-order valence-corrected chi connectivity index (χ4v) is 4.22. The van der Waals surface area contributed by atoms with Crippen LogP contribution in [0.4, 0.5) is 0 Å². The summed E-state index contributed by atoms with van der Waals surface area (Å²) >= 11 is 7.31. The average Bonchev–Trinajstić information content (AvgIpc) is 3.24. The Morgan fingerprint density at radius 2 is 1.88 bits per heavy atom. The number of thiophene rings is 1. The van der Waals surface area contributed by atoms with Crippen molar-refractivity contribution in [1.29, 1.82) is 0 Å². The van der Waals surface area contributed by atoms with Gasteiger partial charge in [0.25, 0.3) is 10.0 Å². The minimum atomic E-state index is -3.74. The summed E-state index contributed by atoms with van der Waals surface area (Å²) < 4.78 is 26.3. The largest absolute Gasteiger partial charge is 0.330 e. The van der Waals surface area contributed by atoms with Gasteiger partial charge in [0.15, 0.2) is 0 Å². The maximum absolute atomic E-state index is 12.6. The summed E-state index contributed by atoms with van der Waals surface area (Å²) in [6.45, 7) is 0.765. The van der Waals surface area contributed by atoms with Gasteiger partial charge in [-0.05, 0) is 48.4 Å². The molecule has 0 atom stereocenters. The number of hydrogen-bond acceptors (Lipinski definition) is 4. The Morgan fingerprint density at radius 1 is 1.15 bits per heavy atom. The number of rotatable bonds is 4. The Labute approximate surface area is 161 Å². The van der Waals surface area contributed by atoms with Crippen molar-refractivity contribution in [2.24, 2.45) is 0 Å². The third-order valence-electron chi connectivity index (χ3n) is 3.44. The summed E-state index contributed by atoms with van der Waals surface area (Å²) in [4.78, 5) is 3.20. The van der Waals surface area contributed by atoms with E-state index in [-0.39, 0.29) is 4.90 Å². The molecular formula is C18H17ClN3O2S2+. The molecule has 134 valence electrons. The number of benzene rings is 1. The van der Waals surface area contributed by atoms with Gasteiger partial charge in [0.1, 0.15) is 12.2 Å². The molecule has 0 unspecified atom stereocenters. The number of quaternary nitrogens is 1. The molecule has 0 amide bonds. The summed E-state index contributed by atoms with van der Waals surface area (Å²) in [6.07, 6.45) is 1.44. The smallest absolute Gasteiger partial charge is 0.282 e. The van der Waals surface area contributed by atoms with E-state index >= 15 is 0 Å². The molecule has 0 fully saturated rings. The lowest BCUT2D eigenvalue weighted by Crippen LogP contribution is -3.05. The predicted octanol–water partition coefficient (Wildman–Crippen LogP) is 2.00. The summed E-state index contributed by atoms with van der Waals surface area (Å²) in [7, 11) is 0.349. The minimum absolute atomic E-state index is 0.139. The highest BCUT2D eigenvalue weighted by molar-refractivity contribution is 7.89. The second kappa shape index (κ2) is 7.64. The maximum Gasteiger partial charge on any atom is 0.282 e. The van der Waals surface area contributed by atoms with E-state index < -0.39 is 10.0 Å². The third-order valence-corrected chi connectivity index (χ3v) is 6.27. The van der Waals surface area contributed by atoms with E-state index in [1.54, 1.807) is 18.2 Å². The van der Waals surface area contributed by atoms with Crippen LogP contribution in [0.25, 0.3) is 10.6 Å². The van der Waals surface area contributed by atoms with Gasteiger partial charge in [-0.2, -0.15) is 17.6 Å². The van der Waals surface area contributed by atoms with Crippen LogP contribution in [-0.2, 0) is 10.0 Å². The van der Waals surface area contributed by atoms with Crippen molar-refractivity contribution in [3.63, 3.8) is 0 Å². The molecule has 0 bridgehead atoms. The van der Waals surface area contributed by atoms with Crippen LogP contribution >= 0.6 is 22.9 Å². The second-order valence-corrected chi connectivity index (χ2v) is 9.20. The highest BCUT2D eigenvalue weighted by atomic mass is 35.5. The van der Waals surface area contributed by atoms with E-state index in [1.807, 2.05) is 26.2 Å². The van der Waals surface area contributed by atoms with Crippen molar-refractivity contribution in [2.45, 2.75) is 4.90 Å². The molecule has 0 spiro atoms. The molecule has 0 aliphatic carbocycles. The molecule has 1 aromatic carbocycles. The van der Waals surface area contributed by atoms with Crippen molar-refractivity contribution < 1.29 is 13.3 Å². The van der Waals surface area contributed by atoms with E-state index in [4.69, 9.17) is 11.6 Å². The monoisotopic (exact) mass is 406 g/mol. The molecule has 3 aromatic rings. The molecule has 0 aliphatic heterocycles. The van der Waals surface area contributed by atoms with E-state index in [9.17, 15) is 8.42 Å². The Balaban J connectivity index is 1.85. The van der Waals surface area contributed by atoms with Crippen LogP contribution in [-0.4, -0.2) is 38.2 Å². The van der Waals surface area contributed by atoms with E-state index in [0.29, 0.717) is 10.7 Å². The standard InChI is InChI=1S/C18H16ClN3O2S2/c1-21(2)12-3-4-15-7-10-18(25-15)17-11-13-22(20-17)26(23,24)16-8-5-14(19)6-9-16/h5-11,13H,12H2,1-2H3/p+1. The van der Waals surface area contributed by atoms with Gasteiger partial charge < -0.3 is 4.90 Å². The Morgan fingerprint density at radius 3 is 2.58 bits per heavy atom. The van der Waals surface area contributed by atoms with E-state index in [2.05, 4.69) is 16.9 Å². The van der Waals surface area contributed by atoms with Crippen LogP contribution in [0.5, 0.6) is 0 Å². The van der Waals surface area contributed by atoms with Gasteiger partial charge in [0.2, 0.25) is 0 Å². The molecule has 5 nitrogen and oxygen atoms in total. The Bertz CT molecular complexity index is 1070. The van der Waals surface area contributed by atoms with Crippen molar-refractivity contribution >= 4 is 33.0 Å². The molecule has 8 heteroatoms. The normalized spacial score (nSPS) is 11.4. The first kappa shape index (κ1) is 18.7. The molecule has 0 radical (unpaired) electrons. The minimum Gasteiger partial charge on any atom is -0.330 e. The Kier molecular flexibility index (Phi) is 5.49. The van der Waals surface area contributed by atoms with Crippen LogP contribution in [0, 0.1) is 11.8 Å². The first-order chi connectivity index (χ1) is 12.4. The fraction of sp³-hybridized carbons (Fsp3) is 0.167. The summed E-state index contributed by atoms with van der Waals surface area (Å²) in [5, 5.41) is 4.71. The predicted molar refractivity (Wildman–Crippen MR) is 104 cm³/mol. The molecule has 1 N–H and O–H groups in total. The van der Waals surface area contributed by atoms with Gasteiger partial charge in [0.05, 0.1) is 28.7 Å². The first-order valence-corrected chi connectivity index (χ1v) is 10.4. The van der Waals surface area contributed by atoms with E-state index in [1.165, 1.54) is 34.6 Å². The Hall–Kier alpha value is -2.11. The lowest BCUT2D eigenvalue weighted by molar-refractivity contribution is -0.850. The van der Waals surface area contributed by atoms with Gasteiger partial charge in [-0.1, -0.05) is 17.5 Å². The van der Waals surface area contributed by atoms with Crippen LogP contribution in [0.2, 0.25) is 5.02 Å². The molecule has 0 aliphatic rings. The van der Waals surface area contributed by atoms with Gasteiger partial charge in [-0.3, -0.25) is 0 Å². The quantitative estimate of drug-likeness (QED) is 0.674. The van der Waals surface area contributed by atoms with Crippen molar-refractivity contribution in [2.75, 3.05) is 20.6 Å².